The Morgan fingerprint density at radius 3 is 2.52 bits per heavy atom. The van der Waals surface area contributed by atoms with E-state index in [-0.39, 0.29) is 5.91 Å². The first-order chi connectivity index (χ1) is 11.1. The summed E-state index contributed by atoms with van der Waals surface area (Å²) in [6.45, 7) is 6.78. The molecule has 0 radical (unpaired) electrons. The van der Waals surface area contributed by atoms with Crippen LogP contribution in [-0.4, -0.2) is 12.5 Å². The van der Waals surface area contributed by atoms with Crippen molar-refractivity contribution in [3.63, 3.8) is 0 Å². The average Bonchev–Trinajstić information content (AvgIpc) is 2.56. The van der Waals surface area contributed by atoms with Crippen molar-refractivity contribution in [2.45, 2.75) is 40.0 Å². The maximum atomic E-state index is 11.9. The van der Waals surface area contributed by atoms with Gasteiger partial charge in [0.05, 0.1) is 6.61 Å². The van der Waals surface area contributed by atoms with E-state index in [1.54, 1.807) is 0 Å². The average molecular weight is 311 g/mol. The van der Waals surface area contributed by atoms with Crippen LogP contribution in [0.4, 0.5) is 5.69 Å². The van der Waals surface area contributed by atoms with Crippen LogP contribution in [0, 0.1) is 13.8 Å². The lowest BCUT2D eigenvalue weighted by molar-refractivity contribution is -0.116. The van der Waals surface area contributed by atoms with Crippen LogP contribution in [0.2, 0.25) is 0 Å². The van der Waals surface area contributed by atoms with Crippen molar-refractivity contribution in [3.05, 3.63) is 59.2 Å². The zero-order chi connectivity index (χ0) is 16.7. The lowest BCUT2D eigenvalue weighted by atomic mass is 10.1. The topological polar surface area (TPSA) is 38.3 Å². The van der Waals surface area contributed by atoms with Crippen LogP contribution >= 0.6 is 0 Å². The van der Waals surface area contributed by atoms with Crippen molar-refractivity contribution < 1.29 is 9.53 Å². The molecule has 0 fully saturated rings. The normalized spacial score (nSPS) is 10.4. The van der Waals surface area contributed by atoms with Crippen LogP contribution < -0.4 is 10.1 Å². The first-order valence-corrected chi connectivity index (χ1v) is 8.18. The zero-order valence-corrected chi connectivity index (χ0v) is 14.2. The van der Waals surface area contributed by atoms with Gasteiger partial charge in [0.1, 0.15) is 5.75 Å². The van der Waals surface area contributed by atoms with Gasteiger partial charge < -0.3 is 10.1 Å². The molecule has 0 unspecified atom stereocenters. The van der Waals surface area contributed by atoms with Gasteiger partial charge in [-0.3, -0.25) is 4.79 Å². The molecule has 0 bridgehead atoms. The Balaban J connectivity index is 1.73. The van der Waals surface area contributed by atoms with Gasteiger partial charge in [-0.1, -0.05) is 31.2 Å². The predicted octanol–water partition coefficient (Wildman–Crippen LogP) is 4.66. The SMILES string of the molecule is CCc1ccc(NC(=O)CCCOc2cccc(C)c2C)cc1. The fourth-order valence-corrected chi connectivity index (χ4v) is 2.34. The molecule has 0 aliphatic carbocycles. The number of hydrogen-bond donors (Lipinski definition) is 1. The van der Waals surface area contributed by atoms with Crippen LogP contribution in [0.15, 0.2) is 42.5 Å². The summed E-state index contributed by atoms with van der Waals surface area (Å²) in [5.41, 5.74) is 4.50. The molecule has 1 amide bonds. The second kappa shape index (κ2) is 8.37. The lowest BCUT2D eigenvalue weighted by Gasteiger charge is -2.11. The molecular formula is C20H25NO2. The molecule has 0 spiro atoms. The van der Waals surface area contributed by atoms with E-state index in [2.05, 4.69) is 32.2 Å². The maximum Gasteiger partial charge on any atom is 0.224 e. The number of aryl methyl sites for hydroxylation is 2. The summed E-state index contributed by atoms with van der Waals surface area (Å²) in [4.78, 5) is 11.9. The molecule has 3 nitrogen and oxygen atoms in total. The Hall–Kier alpha value is -2.29. The monoisotopic (exact) mass is 311 g/mol. The summed E-state index contributed by atoms with van der Waals surface area (Å²) < 4.78 is 5.77. The van der Waals surface area contributed by atoms with E-state index in [9.17, 15) is 4.79 Å². The number of benzene rings is 2. The molecule has 3 heteroatoms. The largest absolute Gasteiger partial charge is 0.493 e. The van der Waals surface area contributed by atoms with Crippen LogP contribution in [0.1, 0.15) is 36.5 Å². The Morgan fingerprint density at radius 1 is 1.09 bits per heavy atom. The van der Waals surface area contributed by atoms with Crippen molar-refractivity contribution in [2.24, 2.45) is 0 Å². The molecule has 2 rings (SSSR count). The van der Waals surface area contributed by atoms with Crippen molar-refractivity contribution >= 4 is 11.6 Å². The highest BCUT2D eigenvalue weighted by atomic mass is 16.5. The third kappa shape index (κ3) is 5.13. The molecule has 0 aromatic heterocycles. The number of nitrogens with one attached hydrogen (secondary N) is 1. The van der Waals surface area contributed by atoms with E-state index in [0.29, 0.717) is 19.4 Å². The summed E-state index contributed by atoms with van der Waals surface area (Å²) >= 11 is 0. The number of ether oxygens (including phenoxy) is 1. The van der Waals surface area contributed by atoms with Gasteiger partial charge >= 0.3 is 0 Å². The smallest absolute Gasteiger partial charge is 0.224 e. The van der Waals surface area contributed by atoms with Crippen molar-refractivity contribution in [3.8, 4) is 5.75 Å². The van der Waals surface area contributed by atoms with Gasteiger partial charge in [-0.25, -0.2) is 0 Å². The molecular weight excluding hydrogens is 286 g/mol. The van der Waals surface area contributed by atoms with Gasteiger partial charge in [0.15, 0.2) is 0 Å². The number of amides is 1. The van der Waals surface area contributed by atoms with Gasteiger partial charge in [0, 0.05) is 12.1 Å². The van der Waals surface area contributed by atoms with Crippen molar-refractivity contribution in [1.29, 1.82) is 0 Å². The molecule has 2 aromatic rings. The van der Waals surface area contributed by atoms with Gasteiger partial charge in [-0.15, -0.1) is 0 Å². The van der Waals surface area contributed by atoms with Crippen LogP contribution in [0.5, 0.6) is 5.75 Å². The molecule has 0 aliphatic heterocycles. The van der Waals surface area contributed by atoms with Gasteiger partial charge in [-0.05, 0) is 61.6 Å². The van der Waals surface area contributed by atoms with Gasteiger partial charge in [0.25, 0.3) is 0 Å². The number of carbonyl (C=O) groups excluding carboxylic acids is 1. The molecule has 2 aromatic carbocycles. The second-order valence-electron chi connectivity index (χ2n) is 5.75. The third-order valence-corrected chi connectivity index (χ3v) is 4.01. The Morgan fingerprint density at radius 2 is 1.83 bits per heavy atom. The summed E-state index contributed by atoms with van der Waals surface area (Å²) in [6, 6.07) is 14.0. The molecule has 1 N–H and O–H groups in total. The molecule has 0 saturated heterocycles. The zero-order valence-electron chi connectivity index (χ0n) is 14.2. The van der Waals surface area contributed by atoms with E-state index in [4.69, 9.17) is 4.74 Å². The Kier molecular flexibility index (Phi) is 6.21. The highest BCUT2D eigenvalue weighted by Crippen LogP contribution is 2.20. The number of rotatable bonds is 7. The minimum atomic E-state index is 0.0267. The minimum Gasteiger partial charge on any atom is -0.493 e. The number of anilines is 1. The fourth-order valence-electron chi connectivity index (χ4n) is 2.34. The highest BCUT2D eigenvalue weighted by Gasteiger charge is 2.04. The number of carbonyl (C=O) groups is 1. The molecule has 0 heterocycles. The highest BCUT2D eigenvalue weighted by molar-refractivity contribution is 5.90. The van der Waals surface area contributed by atoms with Crippen LogP contribution in [-0.2, 0) is 11.2 Å². The van der Waals surface area contributed by atoms with Crippen molar-refractivity contribution in [2.75, 3.05) is 11.9 Å². The predicted molar refractivity (Wildman–Crippen MR) is 95.1 cm³/mol. The van der Waals surface area contributed by atoms with Crippen molar-refractivity contribution in [1.82, 2.24) is 0 Å². The standard InChI is InChI=1S/C20H25NO2/c1-4-17-10-12-18(13-11-17)21-20(22)9-6-14-23-19-8-5-7-15(2)16(19)3/h5,7-8,10-13H,4,6,9,14H2,1-3H3,(H,21,22). The summed E-state index contributed by atoms with van der Waals surface area (Å²) in [6.07, 6.45) is 2.16. The van der Waals surface area contributed by atoms with E-state index >= 15 is 0 Å². The molecule has 0 saturated carbocycles. The molecule has 122 valence electrons. The maximum absolute atomic E-state index is 11.9. The first kappa shape index (κ1) is 17.1. The van der Waals surface area contributed by atoms with E-state index in [0.717, 1.165) is 23.4 Å². The van der Waals surface area contributed by atoms with Crippen LogP contribution in [0.3, 0.4) is 0 Å². The lowest BCUT2D eigenvalue weighted by Crippen LogP contribution is -2.13. The number of hydrogen-bond acceptors (Lipinski definition) is 2. The van der Waals surface area contributed by atoms with E-state index in [1.807, 2.05) is 36.4 Å². The van der Waals surface area contributed by atoms with E-state index < -0.39 is 0 Å². The van der Waals surface area contributed by atoms with Gasteiger partial charge in [-0.2, -0.15) is 0 Å². The quantitative estimate of drug-likeness (QED) is 0.755. The van der Waals surface area contributed by atoms with Crippen LogP contribution in [0.25, 0.3) is 0 Å². The summed E-state index contributed by atoms with van der Waals surface area (Å²) in [5, 5.41) is 2.92. The molecule has 23 heavy (non-hydrogen) atoms. The second-order valence-corrected chi connectivity index (χ2v) is 5.75. The fraction of sp³-hybridized carbons (Fsp3) is 0.350. The first-order valence-electron chi connectivity index (χ1n) is 8.18. The molecule has 0 atom stereocenters. The summed E-state index contributed by atoms with van der Waals surface area (Å²) in [5.74, 6) is 0.930. The van der Waals surface area contributed by atoms with E-state index in [1.165, 1.54) is 11.1 Å². The third-order valence-electron chi connectivity index (χ3n) is 4.01. The Bertz CT molecular complexity index is 647. The Labute approximate surface area is 138 Å². The van der Waals surface area contributed by atoms with Gasteiger partial charge in [0.2, 0.25) is 5.91 Å². The minimum absolute atomic E-state index is 0.0267. The molecule has 0 aliphatic rings. The summed E-state index contributed by atoms with van der Waals surface area (Å²) in [7, 11) is 0.